The van der Waals surface area contributed by atoms with Crippen LogP contribution in [0.2, 0.25) is 0 Å². The summed E-state index contributed by atoms with van der Waals surface area (Å²) in [5.74, 6) is 0.153. The van der Waals surface area contributed by atoms with Gasteiger partial charge in [-0.05, 0) is 47.9 Å². The van der Waals surface area contributed by atoms with Gasteiger partial charge in [0.2, 0.25) is 0 Å². The summed E-state index contributed by atoms with van der Waals surface area (Å²) in [5.41, 5.74) is 5.28. The third-order valence-electron chi connectivity index (χ3n) is 4.50. The topological polar surface area (TPSA) is 57.3 Å². The number of aromatic nitrogens is 1. The second-order valence-corrected chi connectivity index (χ2v) is 7.22. The first-order valence-electron chi connectivity index (χ1n) is 9.34. The summed E-state index contributed by atoms with van der Waals surface area (Å²) in [6.07, 6.45) is 3.28. The smallest absolute Gasteiger partial charge is 0.257 e. The van der Waals surface area contributed by atoms with Crippen molar-refractivity contribution in [3.05, 3.63) is 78.1 Å². The highest BCUT2D eigenvalue weighted by atomic mass is 16.1. The molecule has 1 aromatic heterocycles. The number of benzene rings is 2. The molecule has 2 N–H and O–H groups in total. The second kappa shape index (κ2) is 8.57. The first-order chi connectivity index (χ1) is 13.4. The molecule has 28 heavy (non-hydrogen) atoms. The van der Waals surface area contributed by atoms with Gasteiger partial charge in [-0.25, -0.2) is 0 Å². The Hall–Kier alpha value is -3.34. The molecule has 3 aromatic rings. The molecule has 0 unspecified atom stereocenters. The fraction of sp³-hybridized carbons (Fsp3) is 0.217. The Labute approximate surface area is 166 Å². The Morgan fingerprint density at radius 3 is 2.36 bits per heavy atom. The first kappa shape index (κ1) is 19.4. The Morgan fingerprint density at radius 2 is 1.68 bits per heavy atom. The molecule has 5 nitrogen and oxygen atoms in total. The lowest BCUT2D eigenvalue weighted by molar-refractivity contribution is 0.102. The second-order valence-electron chi connectivity index (χ2n) is 7.22. The minimum absolute atomic E-state index is 0.174. The zero-order valence-electron chi connectivity index (χ0n) is 16.7. The van der Waals surface area contributed by atoms with E-state index in [1.807, 2.05) is 67.5 Å². The molecule has 144 valence electrons. The lowest BCUT2D eigenvalue weighted by atomic mass is 10.0. The zero-order valence-corrected chi connectivity index (χ0v) is 16.7. The van der Waals surface area contributed by atoms with Gasteiger partial charge < -0.3 is 15.5 Å². The van der Waals surface area contributed by atoms with Gasteiger partial charge in [0, 0.05) is 37.4 Å². The first-order valence-corrected chi connectivity index (χ1v) is 9.34. The molecule has 0 aliphatic heterocycles. The highest BCUT2D eigenvalue weighted by Crippen LogP contribution is 2.25. The van der Waals surface area contributed by atoms with Gasteiger partial charge in [0.1, 0.15) is 0 Å². The molecular weight excluding hydrogens is 348 g/mol. The maximum atomic E-state index is 12.7. The van der Waals surface area contributed by atoms with Crippen molar-refractivity contribution >= 4 is 28.7 Å². The van der Waals surface area contributed by atoms with E-state index >= 15 is 0 Å². The lowest BCUT2D eigenvalue weighted by Gasteiger charge is -2.14. The number of rotatable bonds is 6. The van der Waals surface area contributed by atoms with Crippen LogP contribution in [0.4, 0.5) is 22.7 Å². The van der Waals surface area contributed by atoms with E-state index in [0.29, 0.717) is 11.5 Å². The normalized spacial score (nSPS) is 10.6. The van der Waals surface area contributed by atoms with Crippen LogP contribution >= 0.6 is 0 Å². The summed E-state index contributed by atoms with van der Waals surface area (Å²) in [6.45, 7) is 4.22. The monoisotopic (exact) mass is 374 g/mol. The van der Waals surface area contributed by atoms with E-state index in [2.05, 4.69) is 29.5 Å². The highest BCUT2D eigenvalue weighted by molar-refractivity contribution is 6.05. The SMILES string of the molecule is CC(C)c1ccccc1NC(=O)c1cncc(Nc2ccc(N(C)C)cc2)c1. The van der Waals surface area contributed by atoms with Gasteiger partial charge in [-0.2, -0.15) is 0 Å². The minimum atomic E-state index is -0.174. The molecule has 0 spiro atoms. The molecule has 0 atom stereocenters. The molecule has 1 heterocycles. The number of carbonyl (C=O) groups is 1. The predicted molar refractivity (Wildman–Crippen MR) is 117 cm³/mol. The van der Waals surface area contributed by atoms with E-state index in [-0.39, 0.29) is 5.91 Å². The van der Waals surface area contributed by atoms with Crippen LogP contribution in [-0.4, -0.2) is 25.0 Å². The summed E-state index contributed by atoms with van der Waals surface area (Å²) in [4.78, 5) is 19.0. The van der Waals surface area contributed by atoms with E-state index in [1.54, 1.807) is 18.5 Å². The van der Waals surface area contributed by atoms with Crippen molar-refractivity contribution in [2.45, 2.75) is 19.8 Å². The lowest BCUT2D eigenvalue weighted by Crippen LogP contribution is -2.14. The van der Waals surface area contributed by atoms with Crippen LogP contribution in [0, 0.1) is 0 Å². The summed E-state index contributed by atoms with van der Waals surface area (Å²) in [6, 6.07) is 17.8. The number of nitrogens with zero attached hydrogens (tertiary/aromatic N) is 2. The van der Waals surface area contributed by atoms with Crippen molar-refractivity contribution < 1.29 is 4.79 Å². The maximum Gasteiger partial charge on any atom is 0.257 e. The Bertz CT molecular complexity index is 949. The zero-order chi connectivity index (χ0) is 20.1. The molecular formula is C23H26N4O. The number of hydrogen-bond donors (Lipinski definition) is 2. The van der Waals surface area contributed by atoms with Gasteiger partial charge in [-0.3, -0.25) is 9.78 Å². The number of carbonyl (C=O) groups excluding carboxylic acids is 1. The maximum absolute atomic E-state index is 12.7. The van der Waals surface area contributed by atoms with Gasteiger partial charge in [0.05, 0.1) is 17.4 Å². The molecule has 0 bridgehead atoms. The summed E-state index contributed by atoms with van der Waals surface area (Å²) in [7, 11) is 4.01. The standard InChI is InChI=1S/C23H26N4O/c1-16(2)21-7-5-6-8-22(21)26-23(28)17-13-19(15-24-14-17)25-18-9-11-20(12-10-18)27(3)4/h5-16,25H,1-4H3,(H,26,28). The minimum Gasteiger partial charge on any atom is -0.378 e. The van der Waals surface area contributed by atoms with Gasteiger partial charge in [0.25, 0.3) is 5.91 Å². The van der Waals surface area contributed by atoms with Crippen molar-refractivity contribution in [1.82, 2.24) is 4.98 Å². The quantitative estimate of drug-likeness (QED) is 0.617. The van der Waals surface area contributed by atoms with Crippen molar-refractivity contribution in [3.63, 3.8) is 0 Å². The number of hydrogen-bond acceptors (Lipinski definition) is 4. The molecule has 0 saturated heterocycles. The molecule has 0 saturated carbocycles. The van der Waals surface area contributed by atoms with Crippen molar-refractivity contribution in [2.75, 3.05) is 29.6 Å². The van der Waals surface area contributed by atoms with Gasteiger partial charge in [-0.1, -0.05) is 32.0 Å². The average molecular weight is 374 g/mol. The highest BCUT2D eigenvalue weighted by Gasteiger charge is 2.12. The van der Waals surface area contributed by atoms with Crippen LogP contribution in [0.1, 0.15) is 35.7 Å². The number of anilines is 4. The third kappa shape index (κ3) is 4.68. The van der Waals surface area contributed by atoms with E-state index < -0.39 is 0 Å². The van der Waals surface area contributed by atoms with E-state index in [4.69, 9.17) is 0 Å². The van der Waals surface area contributed by atoms with Crippen LogP contribution < -0.4 is 15.5 Å². The van der Waals surface area contributed by atoms with Gasteiger partial charge in [0.15, 0.2) is 0 Å². The summed E-state index contributed by atoms with van der Waals surface area (Å²) >= 11 is 0. The van der Waals surface area contributed by atoms with E-state index in [0.717, 1.165) is 28.3 Å². The van der Waals surface area contributed by atoms with Crippen molar-refractivity contribution in [1.29, 1.82) is 0 Å². The Morgan fingerprint density at radius 1 is 0.964 bits per heavy atom. The molecule has 2 aromatic carbocycles. The van der Waals surface area contributed by atoms with Crippen LogP contribution in [-0.2, 0) is 0 Å². The van der Waals surface area contributed by atoms with E-state index in [9.17, 15) is 4.79 Å². The summed E-state index contributed by atoms with van der Waals surface area (Å²) < 4.78 is 0. The molecule has 3 rings (SSSR count). The Balaban J connectivity index is 1.75. The number of nitrogens with one attached hydrogen (secondary N) is 2. The van der Waals surface area contributed by atoms with E-state index in [1.165, 1.54) is 0 Å². The molecule has 1 amide bonds. The Kier molecular flexibility index (Phi) is 5.94. The molecule has 0 radical (unpaired) electrons. The third-order valence-corrected chi connectivity index (χ3v) is 4.50. The number of pyridine rings is 1. The summed E-state index contributed by atoms with van der Waals surface area (Å²) in [5, 5.41) is 6.30. The molecule has 0 aliphatic rings. The fourth-order valence-corrected chi connectivity index (χ4v) is 2.95. The predicted octanol–water partition coefficient (Wildman–Crippen LogP) is 5.27. The van der Waals surface area contributed by atoms with Crippen molar-refractivity contribution in [3.8, 4) is 0 Å². The van der Waals surface area contributed by atoms with Crippen LogP contribution in [0.5, 0.6) is 0 Å². The largest absolute Gasteiger partial charge is 0.378 e. The molecule has 0 aliphatic carbocycles. The number of amides is 1. The molecule has 5 heteroatoms. The fourth-order valence-electron chi connectivity index (χ4n) is 2.95. The van der Waals surface area contributed by atoms with Gasteiger partial charge >= 0.3 is 0 Å². The van der Waals surface area contributed by atoms with Crippen LogP contribution in [0.15, 0.2) is 67.0 Å². The molecule has 0 fully saturated rings. The van der Waals surface area contributed by atoms with Crippen LogP contribution in [0.25, 0.3) is 0 Å². The van der Waals surface area contributed by atoms with Crippen molar-refractivity contribution in [2.24, 2.45) is 0 Å². The van der Waals surface area contributed by atoms with Gasteiger partial charge in [-0.15, -0.1) is 0 Å². The average Bonchev–Trinajstić information content (AvgIpc) is 2.69. The van der Waals surface area contributed by atoms with Crippen LogP contribution in [0.3, 0.4) is 0 Å². The number of para-hydroxylation sites is 1.